The highest BCUT2D eigenvalue weighted by Gasteiger charge is 2.33. The van der Waals surface area contributed by atoms with Gasteiger partial charge in [0.05, 0.1) is 11.4 Å². The Kier molecular flexibility index (Phi) is 9.67. The average molecular weight is 518 g/mol. The van der Waals surface area contributed by atoms with Crippen molar-refractivity contribution in [3.8, 4) is 0 Å². The molecule has 1 amide bonds. The van der Waals surface area contributed by atoms with E-state index in [9.17, 15) is 9.59 Å². The molecule has 1 atom stereocenters. The molecule has 0 radical (unpaired) electrons. The standard InChI is InChI=1S/C31H34N2O3.ClH/c1-21(2)28(33(19-9-18-32)31(35)24-16-14-22(3)15-17-24)30-26(20-23-10-5-4-6-11-23)29(34)25-12-7-8-13-27(25)36-30;/h4-8,10-17,21,28H,9,18-20,32H2,1-3H3;1H/p-1/t28-;/m1./s1. The van der Waals surface area contributed by atoms with Crippen molar-refractivity contribution >= 4 is 16.9 Å². The molecule has 4 aromatic rings. The number of aryl methyl sites for hydroxylation is 1. The molecule has 194 valence electrons. The van der Waals surface area contributed by atoms with Crippen LogP contribution in [0.5, 0.6) is 0 Å². The highest BCUT2D eigenvalue weighted by Crippen LogP contribution is 2.34. The van der Waals surface area contributed by atoms with Crippen molar-refractivity contribution in [3.63, 3.8) is 0 Å². The van der Waals surface area contributed by atoms with Gasteiger partial charge < -0.3 is 27.5 Å². The number of para-hydroxylation sites is 1. The number of rotatable bonds is 9. The van der Waals surface area contributed by atoms with E-state index in [1.807, 2.05) is 84.6 Å². The summed E-state index contributed by atoms with van der Waals surface area (Å²) in [5.41, 5.74) is 9.65. The predicted octanol–water partition coefficient (Wildman–Crippen LogP) is 2.88. The van der Waals surface area contributed by atoms with Gasteiger partial charge in [0, 0.05) is 24.1 Å². The Morgan fingerprint density at radius 3 is 2.24 bits per heavy atom. The molecule has 0 spiro atoms. The van der Waals surface area contributed by atoms with Crippen LogP contribution in [0.2, 0.25) is 0 Å². The van der Waals surface area contributed by atoms with Gasteiger partial charge in [-0.3, -0.25) is 9.59 Å². The molecule has 6 heteroatoms. The van der Waals surface area contributed by atoms with Crippen LogP contribution in [0.25, 0.3) is 11.0 Å². The summed E-state index contributed by atoms with van der Waals surface area (Å²) in [6.45, 7) is 7.04. The van der Waals surface area contributed by atoms with E-state index in [0.29, 0.717) is 53.8 Å². The van der Waals surface area contributed by atoms with Crippen molar-refractivity contribution in [1.82, 2.24) is 4.90 Å². The largest absolute Gasteiger partial charge is 1.00 e. The molecule has 5 nitrogen and oxygen atoms in total. The van der Waals surface area contributed by atoms with E-state index in [1.54, 1.807) is 6.07 Å². The molecule has 0 unspecified atom stereocenters. The maximum atomic E-state index is 13.9. The second kappa shape index (κ2) is 12.7. The Morgan fingerprint density at radius 2 is 1.59 bits per heavy atom. The van der Waals surface area contributed by atoms with Crippen molar-refractivity contribution in [1.29, 1.82) is 0 Å². The Labute approximate surface area is 224 Å². The first kappa shape index (κ1) is 28.2. The minimum Gasteiger partial charge on any atom is -1.00 e. The highest BCUT2D eigenvalue weighted by molar-refractivity contribution is 5.94. The number of hydrogen-bond donors (Lipinski definition) is 1. The van der Waals surface area contributed by atoms with E-state index in [1.165, 1.54) is 0 Å². The Bertz CT molecular complexity index is 1380. The van der Waals surface area contributed by atoms with Gasteiger partial charge in [0.2, 0.25) is 0 Å². The molecule has 4 rings (SSSR count). The summed E-state index contributed by atoms with van der Waals surface area (Å²) in [4.78, 5) is 29.5. The molecule has 0 aliphatic carbocycles. The van der Waals surface area contributed by atoms with Crippen molar-refractivity contribution in [2.45, 2.75) is 39.7 Å². The van der Waals surface area contributed by atoms with Crippen LogP contribution in [0.1, 0.15) is 59.1 Å². The zero-order chi connectivity index (χ0) is 25.7. The normalized spacial score (nSPS) is 11.8. The fraction of sp³-hybridized carbons (Fsp3) is 0.290. The van der Waals surface area contributed by atoms with Crippen LogP contribution in [0.4, 0.5) is 0 Å². The molecule has 0 aliphatic rings. The predicted molar refractivity (Wildman–Crippen MR) is 145 cm³/mol. The third-order valence-electron chi connectivity index (χ3n) is 6.55. The fourth-order valence-corrected chi connectivity index (χ4v) is 4.70. The van der Waals surface area contributed by atoms with Crippen LogP contribution in [0, 0.1) is 12.8 Å². The summed E-state index contributed by atoms with van der Waals surface area (Å²) in [5, 5.41) is 0.549. The minimum atomic E-state index is -0.429. The van der Waals surface area contributed by atoms with E-state index < -0.39 is 6.04 Å². The van der Waals surface area contributed by atoms with Crippen LogP contribution in [-0.4, -0.2) is 23.9 Å². The number of carbonyl (C=O) groups is 1. The molecule has 0 fully saturated rings. The minimum absolute atomic E-state index is 0. The molecule has 0 saturated carbocycles. The molecule has 3 aromatic carbocycles. The Balaban J connectivity index is 0.00000380. The molecular formula is C31H34ClN2O3-. The first-order valence-electron chi connectivity index (χ1n) is 12.6. The van der Waals surface area contributed by atoms with Crippen molar-refractivity contribution in [3.05, 3.63) is 117 Å². The van der Waals surface area contributed by atoms with Gasteiger partial charge in [-0.1, -0.05) is 74.0 Å². The molecule has 0 aliphatic heterocycles. The van der Waals surface area contributed by atoms with Crippen LogP contribution in [0.15, 0.2) is 88.1 Å². The molecule has 37 heavy (non-hydrogen) atoms. The Hall–Kier alpha value is -3.41. The number of halogens is 1. The van der Waals surface area contributed by atoms with Crippen LogP contribution in [-0.2, 0) is 6.42 Å². The summed E-state index contributed by atoms with van der Waals surface area (Å²) in [7, 11) is 0. The number of nitrogens with zero attached hydrogens (tertiary/aromatic N) is 1. The summed E-state index contributed by atoms with van der Waals surface area (Å²) in [5.74, 6) is 0.453. The lowest BCUT2D eigenvalue weighted by atomic mass is 9.91. The molecule has 2 N–H and O–H groups in total. The SMILES string of the molecule is Cc1ccc(C(=O)N(CCCN)[C@@H](c2oc3ccccc3c(=O)c2Cc2ccccc2)C(C)C)cc1.[Cl-]. The van der Waals surface area contributed by atoms with Gasteiger partial charge in [0.25, 0.3) is 5.91 Å². The zero-order valence-corrected chi connectivity index (χ0v) is 22.4. The lowest BCUT2D eigenvalue weighted by Crippen LogP contribution is -3.00. The maximum absolute atomic E-state index is 13.9. The van der Waals surface area contributed by atoms with Crippen LogP contribution < -0.4 is 23.6 Å². The molecular weight excluding hydrogens is 484 g/mol. The van der Waals surface area contributed by atoms with Gasteiger partial charge >= 0.3 is 0 Å². The summed E-state index contributed by atoms with van der Waals surface area (Å²) in [6, 6.07) is 24.4. The number of fused-ring (bicyclic) bond motifs is 1. The monoisotopic (exact) mass is 517 g/mol. The molecule has 0 saturated heterocycles. The van der Waals surface area contributed by atoms with Crippen molar-refractivity contribution in [2.75, 3.05) is 13.1 Å². The lowest BCUT2D eigenvalue weighted by molar-refractivity contribution is -0.0000183. The van der Waals surface area contributed by atoms with Crippen LogP contribution in [0.3, 0.4) is 0 Å². The summed E-state index contributed by atoms with van der Waals surface area (Å²) >= 11 is 0. The van der Waals surface area contributed by atoms with Gasteiger partial charge in [-0.05, 0) is 55.6 Å². The third kappa shape index (κ3) is 6.30. The van der Waals surface area contributed by atoms with E-state index in [4.69, 9.17) is 10.2 Å². The third-order valence-corrected chi connectivity index (χ3v) is 6.55. The van der Waals surface area contributed by atoms with Gasteiger partial charge in [0.15, 0.2) is 5.43 Å². The first-order valence-corrected chi connectivity index (χ1v) is 12.6. The molecule has 0 bridgehead atoms. The summed E-state index contributed by atoms with van der Waals surface area (Å²) in [6.07, 6.45) is 1.07. The van der Waals surface area contributed by atoms with Crippen molar-refractivity contribution < 1.29 is 21.6 Å². The highest BCUT2D eigenvalue weighted by atomic mass is 35.5. The number of hydrogen-bond acceptors (Lipinski definition) is 4. The fourth-order valence-electron chi connectivity index (χ4n) is 4.70. The van der Waals surface area contributed by atoms with E-state index in [0.717, 1.165) is 11.1 Å². The van der Waals surface area contributed by atoms with E-state index in [-0.39, 0.29) is 29.7 Å². The number of carbonyl (C=O) groups excluding carboxylic acids is 1. The molecule has 1 aromatic heterocycles. The second-order valence-electron chi connectivity index (χ2n) is 9.63. The molecule has 1 heterocycles. The second-order valence-corrected chi connectivity index (χ2v) is 9.63. The van der Waals surface area contributed by atoms with Gasteiger partial charge in [-0.15, -0.1) is 0 Å². The van der Waals surface area contributed by atoms with Gasteiger partial charge in [-0.25, -0.2) is 0 Å². The topological polar surface area (TPSA) is 76.5 Å². The number of benzene rings is 3. The first-order chi connectivity index (χ1) is 17.4. The number of nitrogens with two attached hydrogens (primary N) is 1. The quantitative estimate of drug-likeness (QED) is 0.370. The van der Waals surface area contributed by atoms with E-state index >= 15 is 0 Å². The van der Waals surface area contributed by atoms with E-state index in [2.05, 4.69) is 13.8 Å². The Morgan fingerprint density at radius 1 is 0.946 bits per heavy atom. The summed E-state index contributed by atoms with van der Waals surface area (Å²) < 4.78 is 6.51. The zero-order valence-electron chi connectivity index (χ0n) is 21.6. The average Bonchev–Trinajstić information content (AvgIpc) is 2.89. The smallest absolute Gasteiger partial charge is 0.254 e. The number of amides is 1. The lowest BCUT2D eigenvalue weighted by Gasteiger charge is -2.35. The van der Waals surface area contributed by atoms with Gasteiger partial charge in [-0.2, -0.15) is 0 Å². The van der Waals surface area contributed by atoms with Crippen LogP contribution >= 0.6 is 0 Å². The van der Waals surface area contributed by atoms with Crippen molar-refractivity contribution in [2.24, 2.45) is 11.7 Å². The maximum Gasteiger partial charge on any atom is 0.254 e. The van der Waals surface area contributed by atoms with Gasteiger partial charge in [0.1, 0.15) is 11.3 Å².